The summed E-state index contributed by atoms with van der Waals surface area (Å²) < 4.78 is 5.33. The van der Waals surface area contributed by atoms with Gasteiger partial charge in [0.15, 0.2) is 5.75 Å². The number of nitrogens with two attached hydrogens (primary N) is 2. The maximum Gasteiger partial charge on any atom is 0.261 e. The standard InChI is InChI=1S/C13H21N3O2S/c1-16(7-8-5-3-4-6-8)13-10(18-2)9(14)11(19-13)12(15)17/h8H,3-7,14H2,1-2H3,(H2,15,17). The van der Waals surface area contributed by atoms with E-state index in [1.165, 1.54) is 37.0 Å². The minimum Gasteiger partial charge on any atom is -0.492 e. The third-order valence-electron chi connectivity index (χ3n) is 3.66. The molecule has 0 saturated heterocycles. The second-order valence-corrected chi connectivity index (χ2v) is 6.08. The van der Waals surface area contributed by atoms with Crippen molar-refractivity contribution in [1.82, 2.24) is 0 Å². The summed E-state index contributed by atoms with van der Waals surface area (Å²) in [6, 6.07) is 0. The molecule has 0 aromatic carbocycles. The summed E-state index contributed by atoms with van der Waals surface area (Å²) in [5.74, 6) is 0.788. The van der Waals surface area contributed by atoms with E-state index in [0.29, 0.717) is 16.3 Å². The lowest BCUT2D eigenvalue weighted by atomic mass is 10.1. The van der Waals surface area contributed by atoms with Gasteiger partial charge in [-0.2, -0.15) is 0 Å². The number of rotatable bonds is 5. The van der Waals surface area contributed by atoms with Crippen molar-refractivity contribution in [2.24, 2.45) is 11.7 Å². The molecule has 1 aliphatic carbocycles. The van der Waals surface area contributed by atoms with E-state index in [1.807, 2.05) is 7.05 Å². The van der Waals surface area contributed by atoms with Crippen LogP contribution in [-0.4, -0.2) is 26.6 Å². The fourth-order valence-corrected chi connectivity index (χ4v) is 3.72. The van der Waals surface area contributed by atoms with Crippen LogP contribution in [0.15, 0.2) is 0 Å². The zero-order chi connectivity index (χ0) is 14.0. The summed E-state index contributed by atoms with van der Waals surface area (Å²) >= 11 is 1.31. The molecular weight excluding hydrogens is 262 g/mol. The molecule has 1 fully saturated rings. The van der Waals surface area contributed by atoms with E-state index in [1.54, 1.807) is 7.11 Å². The number of methoxy groups -OCH3 is 1. The first kappa shape index (κ1) is 14.0. The van der Waals surface area contributed by atoms with Crippen molar-refractivity contribution in [2.45, 2.75) is 25.7 Å². The summed E-state index contributed by atoms with van der Waals surface area (Å²) in [6.45, 7) is 0.967. The molecule has 0 aliphatic heterocycles. The molecule has 0 unspecified atom stereocenters. The topological polar surface area (TPSA) is 81.6 Å². The first-order valence-corrected chi connectivity index (χ1v) is 7.33. The Labute approximate surface area is 117 Å². The SMILES string of the molecule is COc1c(N(C)CC2CCCC2)sc(C(N)=O)c1N. The van der Waals surface area contributed by atoms with Crippen molar-refractivity contribution in [2.75, 3.05) is 31.3 Å². The largest absolute Gasteiger partial charge is 0.492 e. The van der Waals surface area contributed by atoms with Crippen LogP contribution in [0.1, 0.15) is 35.4 Å². The lowest BCUT2D eigenvalue weighted by Gasteiger charge is -2.22. The number of amides is 1. The van der Waals surface area contributed by atoms with Crippen LogP contribution in [0.3, 0.4) is 0 Å². The Morgan fingerprint density at radius 1 is 1.47 bits per heavy atom. The Balaban J connectivity index is 2.22. The molecule has 1 aromatic rings. The van der Waals surface area contributed by atoms with Crippen molar-refractivity contribution in [1.29, 1.82) is 0 Å². The Morgan fingerprint density at radius 2 is 2.11 bits per heavy atom. The van der Waals surface area contributed by atoms with Gasteiger partial charge < -0.3 is 21.1 Å². The van der Waals surface area contributed by atoms with Gasteiger partial charge in [-0.3, -0.25) is 4.79 Å². The van der Waals surface area contributed by atoms with Gasteiger partial charge in [-0.25, -0.2) is 0 Å². The average Bonchev–Trinajstić information content (AvgIpc) is 2.96. The second kappa shape index (κ2) is 5.69. The van der Waals surface area contributed by atoms with Crippen molar-refractivity contribution in [3.63, 3.8) is 0 Å². The molecule has 106 valence electrons. The number of anilines is 2. The lowest BCUT2D eigenvalue weighted by molar-refractivity contribution is 0.100. The smallest absolute Gasteiger partial charge is 0.261 e. The van der Waals surface area contributed by atoms with Crippen LogP contribution in [0.25, 0.3) is 0 Å². The van der Waals surface area contributed by atoms with Gasteiger partial charge in [0.1, 0.15) is 15.6 Å². The van der Waals surface area contributed by atoms with E-state index in [0.717, 1.165) is 17.5 Å². The van der Waals surface area contributed by atoms with Gasteiger partial charge in [0.05, 0.1) is 7.11 Å². The summed E-state index contributed by atoms with van der Waals surface area (Å²) in [4.78, 5) is 13.9. The van der Waals surface area contributed by atoms with Gasteiger partial charge in [-0.15, -0.1) is 11.3 Å². The Kier molecular flexibility index (Phi) is 4.19. The van der Waals surface area contributed by atoms with E-state index in [-0.39, 0.29) is 0 Å². The Hall–Kier alpha value is -1.43. The average molecular weight is 283 g/mol. The van der Waals surface area contributed by atoms with Crippen LogP contribution in [0, 0.1) is 5.92 Å². The van der Waals surface area contributed by atoms with Crippen LogP contribution in [-0.2, 0) is 0 Å². The highest BCUT2D eigenvalue weighted by Crippen LogP contribution is 2.44. The molecule has 19 heavy (non-hydrogen) atoms. The number of nitrogens with zero attached hydrogens (tertiary/aromatic N) is 1. The highest BCUT2D eigenvalue weighted by molar-refractivity contribution is 7.19. The van der Waals surface area contributed by atoms with E-state index in [9.17, 15) is 4.79 Å². The molecule has 1 aromatic heterocycles. The third kappa shape index (κ3) is 2.78. The number of carbonyl (C=O) groups is 1. The molecule has 2 rings (SSSR count). The van der Waals surface area contributed by atoms with E-state index in [4.69, 9.17) is 16.2 Å². The van der Waals surface area contributed by atoms with E-state index in [2.05, 4.69) is 4.90 Å². The quantitative estimate of drug-likeness (QED) is 0.866. The predicted molar refractivity (Wildman–Crippen MR) is 79.0 cm³/mol. The summed E-state index contributed by atoms with van der Waals surface area (Å²) in [7, 11) is 3.58. The number of ether oxygens (including phenoxy) is 1. The van der Waals surface area contributed by atoms with Crippen LogP contribution >= 0.6 is 11.3 Å². The van der Waals surface area contributed by atoms with E-state index < -0.39 is 5.91 Å². The maximum atomic E-state index is 11.3. The fourth-order valence-electron chi connectivity index (χ4n) is 2.71. The van der Waals surface area contributed by atoms with Crippen molar-refractivity contribution in [3.05, 3.63) is 4.88 Å². The van der Waals surface area contributed by atoms with Gasteiger partial charge in [-0.1, -0.05) is 12.8 Å². The van der Waals surface area contributed by atoms with Gasteiger partial charge in [0.2, 0.25) is 0 Å². The van der Waals surface area contributed by atoms with Crippen molar-refractivity contribution < 1.29 is 9.53 Å². The normalized spacial score (nSPS) is 15.7. The molecule has 4 N–H and O–H groups in total. The molecule has 0 spiro atoms. The van der Waals surface area contributed by atoms with Gasteiger partial charge in [0, 0.05) is 13.6 Å². The molecule has 1 amide bonds. The minimum absolute atomic E-state index is 0.355. The lowest BCUT2D eigenvalue weighted by Crippen LogP contribution is -2.23. The highest BCUT2D eigenvalue weighted by Gasteiger charge is 2.24. The maximum absolute atomic E-state index is 11.3. The number of hydrogen-bond donors (Lipinski definition) is 2. The minimum atomic E-state index is -0.499. The Bertz CT molecular complexity index is 467. The van der Waals surface area contributed by atoms with Crippen LogP contribution < -0.4 is 21.1 Å². The first-order valence-electron chi connectivity index (χ1n) is 6.51. The molecule has 5 nitrogen and oxygen atoms in total. The molecule has 0 bridgehead atoms. The molecule has 0 radical (unpaired) electrons. The second-order valence-electron chi connectivity index (χ2n) is 5.08. The molecule has 6 heteroatoms. The van der Waals surface area contributed by atoms with Crippen LogP contribution in [0.2, 0.25) is 0 Å². The van der Waals surface area contributed by atoms with Crippen LogP contribution in [0.4, 0.5) is 10.7 Å². The van der Waals surface area contributed by atoms with Gasteiger partial charge in [0.25, 0.3) is 5.91 Å². The highest BCUT2D eigenvalue weighted by atomic mass is 32.1. The number of nitrogen functional groups attached to an aromatic ring is 1. The molecule has 1 heterocycles. The summed E-state index contributed by atoms with van der Waals surface area (Å²) in [5.41, 5.74) is 11.6. The fraction of sp³-hybridized carbons (Fsp3) is 0.615. The summed E-state index contributed by atoms with van der Waals surface area (Å²) in [6.07, 6.45) is 5.18. The molecule has 1 saturated carbocycles. The summed E-state index contributed by atoms with van der Waals surface area (Å²) in [5, 5.41) is 0.890. The number of thiophene rings is 1. The molecule has 0 atom stereocenters. The third-order valence-corrected chi connectivity index (χ3v) is 4.98. The monoisotopic (exact) mass is 283 g/mol. The van der Waals surface area contributed by atoms with E-state index >= 15 is 0 Å². The number of carbonyl (C=O) groups excluding carboxylic acids is 1. The zero-order valence-electron chi connectivity index (χ0n) is 11.4. The van der Waals surface area contributed by atoms with Gasteiger partial charge >= 0.3 is 0 Å². The Morgan fingerprint density at radius 3 is 2.63 bits per heavy atom. The first-order chi connectivity index (χ1) is 9.04. The number of hydrogen-bond acceptors (Lipinski definition) is 5. The van der Waals surface area contributed by atoms with Crippen molar-refractivity contribution >= 4 is 27.9 Å². The van der Waals surface area contributed by atoms with Crippen LogP contribution in [0.5, 0.6) is 5.75 Å². The van der Waals surface area contributed by atoms with Gasteiger partial charge in [-0.05, 0) is 18.8 Å². The van der Waals surface area contributed by atoms with Crippen molar-refractivity contribution in [3.8, 4) is 5.75 Å². The molecular formula is C13H21N3O2S. The zero-order valence-corrected chi connectivity index (χ0v) is 12.3. The predicted octanol–water partition coefficient (Wildman–Crippen LogP) is 2.06. The number of primary amides is 1. The molecule has 1 aliphatic rings.